The highest BCUT2D eigenvalue weighted by Gasteiger charge is 2.18. The lowest BCUT2D eigenvalue weighted by atomic mass is 10.3. The molecule has 0 aliphatic heterocycles. The summed E-state index contributed by atoms with van der Waals surface area (Å²) >= 11 is 0. The van der Waals surface area contributed by atoms with Gasteiger partial charge in [-0.05, 0) is 19.1 Å². The third kappa shape index (κ3) is 3.43. The molecule has 0 amide bonds. The number of nitrogens with two attached hydrogens (primary N) is 1. The number of primary sulfonamides is 1. The first-order valence-electron chi connectivity index (χ1n) is 4.94. The Kier molecular flexibility index (Phi) is 4.08. The number of aliphatic carboxylic acids is 1. The van der Waals surface area contributed by atoms with Crippen molar-refractivity contribution >= 4 is 21.7 Å². The van der Waals surface area contributed by atoms with Crippen molar-refractivity contribution in [3.63, 3.8) is 0 Å². The van der Waals surface area contributed by atoms with Gasteiger partial charge in [-0.15, -0.1) is 0 Å². The van der Waals surface area contributed by atoms with Gasteiger partial charge < -0.3 is 10.0 Å². The van der Waals surface area contributed by atoms with Gasteiger partial charge in [0.15, 0.2) is 0 Å². The number of likely N-dealkylation sites (N-methyl/N-ethyl adjacent to an activating group) is 1. The number of carboxylic acid groups (broad SMARTS) is 1. The van der Waals surface area contributed by atoms with Crippen molar-refractivity contribution < 1.29 is 18.3 Å². The third-order valence-electron chi connectivity index (χ3n) is 2.22. The van der Waals surface area contributed by atoms with Gasteiger partial charge in [-0.2, -0.15) is 0 Å². The van der Waals surface area contributed by atoms with E-state index in [-0.39, 0.29) is 11.4 Å². The molecule has 0 aliphatic carbocycles. The third-order valence-corrected chi connectivity index (χ3v) is 3.18. The van der Waals surface area contributed by atoms with Crippen LogP contribution >= 0.6 is 0 Å². The number of para-hydroxylation sites is 1. The van der Waals surface area contributed by atoms with Crippen LogP contribution in [0.4, 0.5) is 5.69 Å². The number of nitrogens with zero attached hydrogens (tertiary/aromatic N) is 1. The van der Waals surface area contributed by atoms with E-state index in [4.69, 9.17) is 10.2 Å². The van der Waals surface area contributed by atoms with Gasteiger partial charge in [-0.3, -0.25) is 4.79 Å². The minimum Gasteiger partial charge on any atom is -0.480 e. The van der Waals surface area contributed by atoms with Crippen LogP contribution in [0.5, 0.6) is 0 Å². The van der Waals surface area contributed by atoms with E-state index in [9.17, 15) is 13.2 Å². The number of anilines is 1. The van der Waals surface area contributed by atoms with E-state index in [1.807, 2.05) is 0 Å². The van der Waals surface area contributed by atoms with E-state index in [1.54, 1.807) is 13.0 Å². The number of carboxylic acids is 1. The van der Waals surface area contributed by atoms with Crippen LogP contribution in [-0.2, 0) is 14.8 Å². The SMILES string of the molecule is CCN(CC(=O)O)c1ccccc1S(N)(=O)=O. The van der Waals surface area contributed by atoms with Gasteiger partial charge in [0.05, 0.1) is 5.69 Å². The van der Waals surface area contributed by atoms with E-state index in [0.29, 0.717) is 12.2 Å². The van der Waals surface area contributed by atoms with E-state index in [2.05, 4.69) is 0 Å². The van der Waals surface area contributed by atoms with Crippen LogP contribution in [-0.4, -0.2) is 32.6 Å². The van der Waals surface area contributed by atoms with E-state index >= 15 is 0 Å². The van der Waals surface area contributed by atoms with Crippen LogP contribution in [0.3, 0.4) is 0 Å². The number of carbonyl (C=O) groups is 1. The minimum atomic E-state index is -3.86. The van der Waals surface area contributed by atoms with Crippen molar-refractivity contribution in [1.82, 2.24) is 0 Å². The van der Waals surface area contributed by atoms with Gasteiger partial charge in [0, 0.05) is 6.54 Å². The maximum atomic E-state index is 11.4. The lowest BCUT2D eigenvalue weighted by molar-refractivity contribution is -0.135. The molecule has 1 aromatic carbocycles. The number of sulfonamides is 1. The average Bonchev–Trinajstić information content (AvgIpc) is 2.24. The minimum absolute atomic E-state index is 0.0666. The molecule has 0 fully saturated rings. The Labute approximate surface area is 99.7 Å². The van der Waals surface area contributed by atoms with Crippen molar-refractivity contribution in [2.75, 3.05) is 18.0 Å². The Morgan fingerprint density at radius 3 is 2.47 bits per heavy atom. The van der Waals surface area contributed by atoms with Crippen molar-refractivity contribution in [2.24, 2.45) is 5.14 Å². The zero-order valence-corrected chi connectivity index (χ0v) is 10.1. The van der Waals surface area contributed by atoms with Crippen LogP contribution in [0.25, 0.3) is 0 Å². The smallest absolute Gasteiger partial charge is 0.323 e. The molecule has 17 heavy (non-hydrogen) atoms. The Morgan fingerprint density at radius 2 is 2.00 bits per heavy atom. The molecule has 7 heteroatoms. The quantitative estimate of drug-likeness (QED) is 0.788. The van der Waals surface area contributed by atoms with E-state index < -0.39 is 16.0 Å². The van der Waals surface area contributed by atoms with E-state index in [1.165, 1.54) is 23.1 Å². The molecule has 0 unspecified atom stereocenters. The van der Waals surface area contributed by atoms with Crippen molar-refractivity contribution in [1.29, 1.82) is 0 Å². The molecule has 0 atom stereocenters. The molecule has 0 aliphatic rings. The molecule has 0 saturated carbocycles. The maximum Gasteiger partial charge on any atom is 0.323 e. The summed E-state index contributed by atoms with van der Waals surface area (Å²) in [5, 5.41) is 13.8. The fraction of sp³-hybridized carbons (Fsp3) is 0.300. The molecule has 0 bridgehead atoms. The summed E-state index contributed by atoms with van der Waals surface area (Å²) in [6, 6.07) is 6.06. The predicted octanol–water partition coefficient (Wildman–Crippen LogP) is 0.245. The Balaban J connectivity index is 3.24. The van der Waals surface area contributed by atoms with Gasteiger partial charge in [0.2, 0.25) is 10.0 Å². The van der Waals surface area contributed by atoms with Crippen molar-refractivity contribution in [3.05, 3.63) is 24.3 Å². The molecule has 0 heterocycles. The van der Waals surface area contributed by atoms with Crippen LogP contribution < -0.4 is 10.0 Å². The first-order chi connectivity index (χ1) is 7.86. The molecule has 6 nitrogen and oxygen atoms in total. The van der Waals surface area contributed by atoms with Gasteiger partial charge in [0.1, 0.15) is 11.4 Å². The largest absolute Gasteiger partial charge is 0.480 e. The summed E-state index contributed by atoms with van der Waals surface area (Å²) < 4.78 is 22.7. The van der Waals surface area contributed by atoms with Crippen molar-refractivity contribution in [2.45, 2.75) is 11.8 Å². The zero-order chi connectivity index (χ0) is 13.1. The molecule has 3 N–H and O–H groups in total. The second-order valence-electron chi connectivity index (χ2n) is 3.42. The maximum absolute atomic E-state index is 11.4. The Bertz CT molecular complexity index is 513. The molecule has 94 valence electrons. The Morgan fingerprint density at radius 1 is 1.41 bits per heavy atom. The Hall–Kier alpha value is -1.60. The van der Waals surface area contributed by atoms with Gasteiger partial charge in [-0.25, -0.2) is 13.6 Å². The monoisotopic (exact) mass is 258 g/mol. The number of benzene rings is 1. The normalized spacial score (nSPS) is 11.2. The standard InChI is InChI=1S/C10H14N2O4S/c1-2-12(7-10(13)14)8-5-3-4-6-9(8)17(11,15)16/h3-6H,2,7H2,1H3,(H,13,14)(H2,11,15,16). The van der Waals surface area contributed by atoms with Crippen LogP contribution in [0.1, 0.15) is 6.92 Å². The molecule has 0 radical (unpaired) electrons. The lowest BCUT2D eigenvalue weighted by Gasteiger charge is -2.22. The highest BCUT2D eigenvalue weighted by molar-refractivity contribution is 7.89. The average molecular weight is 258 g/mol. The molecule has 0 saturated heterocycles. The van der Waals surface area contributed by atoms with Gasteiger partial charge >= 0.3 is 5.97 Å². The number of rotatable bonds is 5. The summed E-state index contributed by atoms with van der Waals surface area (Å²) in [6.45, 7) is 1.84. The predicted molar refractivity (Wildman–Crippen MR) is 63.3 cm³/mol. The van der Waals surface area contributed by atoms with Crippen LogP contribution in [0.15, 0.2) is 29.2 Å². The summed E-state index contributed by atoms with van der Waals surface area (Å²) in [6.07, 6.45) is 0. The zero-order valence-electron chi connectivity index (χ0n) is 9.33. The van der Waals surface area contributed by atoms with Crippen LogP contribution in [0.2, 0.25) is 0 Å². The summed E-state index contributed by atoms with van der Waals surface area (Å²) in [7, 11) is -3.86. The van der Waals surface area contributed by atoms with E-state index in [0.717, 1.165) is 0 Å². The second-order valence-corrected chi connectivity index (χ2v) is 4.95. The van der Waals surface area contributed by atoms with Crippen LogP contribution in [0, 0.1) is 0 Å². The molecule has 1 rings (SSSR count). The second kappa shape index (κ2) is 5.15. The van der Waals surface area contributed by atoms with Gasteiger partial charge in [-0.1, -0.05) is 12.1 Å². The topological polar surface area (TPSA) is 101 Å². The van der Waals surface area contributed by atoms with Gasteiger partial charge in [0.25, 0.3) is 0 Å². The fourth-order valence-corrected chi connectivity index (χ4v) is 2.25. The highest BCUT2D eigenvalue weighted by atomic mass is 32.2. The fourth-order valence-electron chi connectivity index (χ4n) is 1.49. The summed E-state index contributed by atoms with van der Waals surface area (Å²) in [5.41, 5.74) is 0.305. The first kappa shape index (κ1) is 13.5. The molecule has 0 aromatic heterocycles. The molecular weight excluding hydrogens is 244 g/mol. The molecule has 1 aromatic rings. The lowest BCUT2D eigenvalue weighted by Crippen LogP contribution is -2.31. The molecule has 0 spiro atoms. The number of hydrogen-bond acceptors (Lipinski definition) is 4. The van der Waals surface area contributed by atoms with Crippen molar-refractivity contribution in [3.8, 4) is 0 Å². The first-order valence-corrected chi connectivity index (χ1v) is 6.49. The molecular formula is C10H14N2O4S. The highest BCUT2D eigenvalue weighted by Crippen LogP contribution is 2.23. The number of hydrogen-bond donors (Lipinski definition) is 2. The summed E-state index contributed by atoms with van der Waals surface area (Å²) in [5.74, 6) is -1.03. The summed E-state index contributed by atoms with van der Waals surface area (Å²) in [4.78, 5) is 12.0.